The van der Waals surface area contributed by atoms with Crippen LogP contribution in [0.1, 0.15) is 17.2 Å². The Hall–Kier alpha value is -2.47. The Morgan fingerprint density at radius 1 is 1.32 bits per heavy atom. The van der Waals surface area contributed by atoms with Gasteiger partial charge in [0, 0.05) is 12.6 Å². The lowest BCUT2D eigenvalue weighted by Crippen LogP contribution is -2.34. The van der Waals surface area contributed by atoms with E-state index in [0.717, 1.165) is 19.0 Å². The summed E-state index contributed by atoms with van der Waals surface area (Å²) in [7, 11) is 0. The predicted molar refractivity (Wildman–Crippen MR) is 82.4 cm³/mol. The Morgan fingerprint density at radius 3 is 2.95 bits per heavy atom. The third-order valence-corrected chi connectivity index (χ3v) is 3.87. The van der Waals surface area contributed by atoms with Gasteiger partial charge in [0.25, 0.3) is 5.69 Å². The second kappa shape index (κ2) is 6.11. The number of rotatable bonds is 4. The number of nitrogens with zero attached hydrogens (tertiary/aromatic N) is 1. The van der Waals surface area contributed by atoms with E-state index in [1.165, 1.54) is 23.3 Å². The summed E-state index contributed by atoms with van der Waals surface area (Å²) in [5.41, 5.74) is 2.58. The van der Waals surface area contributed by atoms with Gasteiger partial charge in [-0.05, 0) is 36.2 Å². The molecule has 1 unspecified atom stereocenters. The van der Waals surface area contributed by atoms with Gasteiger partial charge in [-0.1, -0.05) is 24.3 Å². The summed E-state index contributed by atoms with van der Waals surface area (Å²) in [6.45, 7) is 1.37. The normalized spacial score (nSPS) is 16.9. The molecule has 1 heterocycles. The van der Waals surface area contributed by atoms with Crippen LogP contribution < -0.4 is 10.6 Å². The highest BCUT2D eigenvalue weighted by atomic mass is 19.1. The van der Waals surface area contributed by atoms with Crippen LogP contribution in [0.25, 0.3) is 0 Å². The molecule has 1 aliphatic rings. The van der Waals surface area contributed by atoms with Crippen molar-refractivity contribution in [1.82, 2.24) is 5.32 Å². The van der Waals surface area contributed by atoms with Crippen LogP contribution in [-0.2, 0) is 6.42 Å². The quantitative estimate of drug-likeness (QED) is 0.673. The molecule has 5 nitrogen and oxygen atoms in total. The fourth-order valence-electron chi connectivity index (χ4n) is 2.79. The molecule has 6 heteroatoms. The number of anilines is 1. The predicted octanol–water partition coefficient (Wildman–Crippen LogP) is 3.03. The number of nitrogens with one attached hydrogen (secondary N) is 2. The highest BCUT2D eigenvalue weighted by Gasteiger charge is 2.21. The molecule has 2 aromatic carbocycles. The van der Waals surface area contributed by atoms with Crippen molar-refractivity contribution in [1.29, 1.82) is 0 Å². The maximum atomic E-state index is 13.2. The first-order valence-electron chi connectivity index (χ1n) is 7.14. The molecule has 3 rings (SSSR count). The Kier molecular flexibility index (Phi) is 4.02. The lowest BCUT2D eigenvalue weighted by molar-refractivity contribution is -0.384. The van der Waals surface area contributed by atoms with Crippen LogP contribution in [0.15, 0.2) is 42.5 Å². The zero-order valence-electron chi connectivity index (χ0n) is 11.9. The van der Waals surface area contributed by atoms with Crippen molar-refractivity contribution >= 4 is 11.4 Å². The van der Waals surface area contributed by atoms with Gasteiger partial charge in [0.15, 0.2) is 0 Å². The van der Waals surface area contributed by atoms with Gasteiger partial charge in [-0.3, -0.25) is 10.1 Å². The van der Waals surface area contributed by atoms with E-state index in [2.05, 4.69) is 22.8 Å². The molecule has 0 saturated heterocycles. The number of nitro groups is 1. The minimum Gasteiger partial charge on any atom is -0.378 e. The Morgan fingerprint density at radius 2 is 2.14 bits per heavy atom. The zero-order chi connectivity index (χ0) is 15.5. The smallest absolute Gasteiger partial charge is 0.295 e. The van der Waals surface area contributed by atoms with Gasteiger partial charge in [-0.15, -0.1) is 0 Å². The van der Waals surface area contributed by atoms with E-state index >= 15 is 0 Å². The Labute approximate surface area is 127 Å². The summed E-state index contributed by atoms with van der Waals surface area (Å²) in [5, 5.41) is 17.5. The lowest BCUT2D eigenvalue weighted by Gasteiger charge is -2.27. The van der Waals surface area contributed by atoms with Gasteiger partial charge < -0.3 is 10.6 Å². The second-order valence-corrected chi connectivity index (χ2v) is 5.26. The first-order valence-corrected chi connectivity index (χ1v) is 7.14. The molecule has 0 saturated carbocycles. The van der Waals surface area contributed by atoms with Gasteiger partial charge in [-0.2, -0.15) is 0 Å². The van der Waals surface area contributed by atoms with Crippen LogP contribution in [0.4, 0.5) is 15.8 Å². The van der Waals surface area contributed by atoms with Gasteiger partial charge >= 0.3 is 0 Å². The molecule has 2 aromatic rings. The molecule has 1 atom stereocenters. The summed E-state index contributed by atoms with van der Waals surface area (Å²) in [5.74, 6) is -0.613. The standard InChI is InChI=1S/C16H16FN3O2/c17-12-5-6-14(16(9-12)20(21)22)19-10-15-13-4-2-1-3-11(13)7-8-18-15/h1-6,9,15,18-19H,7-8,10H2. The topological polar surface area (TPSA) is 67.2 Å². The van der Waals surface area contributed by atoms with Crippen molar-refractivity contribution in [2.24, 2.45) is 0 Å². The summed E-state index contributed by atoms with van der Waals surface area (Å²) < 4.78 is 13.2. The van der Waals surface area contributed by atoms with Crippen molar-refractivity contribution in [2.45, 2.75) is 12.5 Å². The number of hydrogen-bond acceptors (Lipinski definition) is 4. The van der Waals surface area contributed by atoms with Gasteiger partial charge in [0.05, 0.1) is 11.0 Å². The molecule has 0 fully saturated rings. The van der Waals surface area contributed by atoms with Crippen LogP contribution in [-0.4, -0.2) is 18.0 Å². The van der Waals surface area contributed by atoms with Crippen molar-refractivity contribution in [3.63, 3.8) is 0 Å². The molecule has 0 aliphatic carbocycles. The van der Waals surface area contributed by atoms with E-state index in [1.54, 1.807) is 0 Å². The Bertz CT molecular complexity index is 706. The molecule has 0 radical (unpaired) electrons. The molecule has 2 N–H and O–H groups in total. The molecular weight excluding hydrogens is 285 g/mol. The van der Waals surface area contributed by atoms with Crippen LogP contribution in [0.5, 0.6) is 0 Å². The number of nitro benzene ring substituents is 1. The fourth-order valence-corrected chi connectivity index (χ4v) is 2.79. The van der Waals surface area contributed by atoms with E-state index < -0.39 is 10.7 Å². The number of fused-ring (bicyclic) bond motifs is 1. The molecule has 22 heavy (non-hydrogen) atoms. The number of benzene rings is 2. The zero-order valence-corrected chi connectivity index (χ0v) is 11.9. The van der Waals surface area contributed by atoms with E-state index in [0.29, 0.717) is 12.2 Å². The molecule has 0 spiro atoms. The van der Waals surface area contributed by atoms with Crippen LogP contribution in [0.3, 0.4) is 0 Å². The fraction of sp³-hybridized carbons (Fsp3) is 0.250. The first-order chi connectivity index (χ1) is 10.6. The van der Waals surface area contributed by atoms with E-state index in [9.17, 15) is 14.5 Å². The number of halogens is 1. The molecule has 0 aromatic heterocycles. The first kappa shape index (κ1) is 14.5. The van der Waals surface area contributed by atoms with Gasteiger partial charge in [-0.25, -0.2) is 4.39 Å². The average Bonchev–Trinajstić information content (AvgIpc) is 2.53. The van der Waals surface area contributed by atoms with Crippen LogP contribution >= 0.6 is 0 Å². The van der Waals surface area contributed by atoms with Gasteiger partial charge in [0.2, 0.25) is 0 Å². The molecular formula is C16H16FN3O2. The van der Waals surface area contributed by atoms with Crippen LogP contribution in [0, 0.1) is 15.9 Å². The highest BCUT2D eigenvalue weighted by molar-refractivity contribution is 5.61. The van der Waals surface area contributed by atoms with Crippen molar-refractivity contribution < 1.29 is 9.31 Å². The second-order valence-electron chi connectivity index (χ2n) is 5.26. The van der Waals surface area contributed by atoms with Crippen molar-refractivity contribution in [3.05, 3.63) is 69.5 Å². The SMILES string of the molecule is O=[N+]([O-])c1cc(F)ccc1NCC1NCCc2ccccc21. The lowest BCUT2D eigenvalue weighted by atomic mass is 9.94. The van der Waals surface area contributed by atoms with Crippen molar-refractivity contribution in [3.8, 4) is 0 Å². The van der Waals surface area contributed by atoms with Crippen LogP contribution in [0.2, 0.25) is 0 Å². The monoisotopic (exact) mass is 301 g/mol. The van der Waals surface area contributed by atoms with E-state index in [-0.39, 0.29) is 11.7 Å². The highest BCUT2D eigenvalue weighted by Crippen LogP contribution is 2.27. The molecule has 0 amide bonds. The molecule has 0 bridgehead atoms. The van der Waals surface area contributed by atoms with E-state index in [4.69, 9.17) is 0 Å². The average molecular weight is 301 g/mol. The minimum absolute atomic E-state index is 0.0783. The van der Waals surface area contributed by atoms with Crippen molar-refractivity contribution in [2.75, 3.05) is 18.4 Å². The number of hydrogen-bond donors (Lipinski definition) is 2. The summed E-state index contributed by atoms with van der Waals surface area (Å²) >= 11 is 0. The van der Waals surface area contributed by atoms with Gasteiger partial charge in [0.1, 0.15) is 11.5 Å². The largest absolute Gasteiger partial charge is 0.378 e. The maximum Gasteiger partial charge on any atom is 0.295 e. The molecule has 114 valence electrons. The maximum absolute atomic E-state index is 13.2. The third kappa shape index (κ3) is 2.92. The summed E-state index contributed by atoms with van der Waals surface area (Å²) in [6, 6.07) is 11.8. The molecule has 1 aliphatic heterocycles. The summed E-state index contributed by atoms with van der Waals surface area (Å²) in [6.07, 6.45) is 0.976. The Balaban J connectivity index is 1.78. The summed E-state index contributed by atoms with van der Waals surface area (Å²) in [4.78, 5) is 10.4. The third-order valence-electron chi connectivity index (χ3n) is 3.87. The van der Waals surface area contributed by atoms with E-state index in [1.807, 2.05) is 12.1 Å². The minimum atomic E-state index is -0.613.